The number of aromatic nitrogens is 1. The minimum absolute atomic E-state index is 0.123. The summed E-state index contributed by atoms with van der Waals surface area (Å²) >= 11 is 1.41. The number of methoxy groups -OCH3 is 2. The van der Waals surface area contributed by atoms with Crippen LogP contribution in [0.3, 0.4) is 0 Å². The number of nitrogens with one attached hydrogen (secondary N) is 1. The van der Waals surface area contributed by atoms with Gasteiger partial charge >= 0.3 is 0 Å². The Kier molecular flexibility index (Phi) is 4.89. The Balaban J connectivity index is 1.77. The number of nitrogens with zero attached hydrogens (tertiary/aromatic N) is 2. The van der Waals surface area contributed by atoms with Crippen molar-refractivity contribution in [2.75, 3.05) is 31.0 Å². The molecule has 8 heteroatoms. The second-order valence-corrected chi connectivity index (χ2v) is 6.94. The second kappa shape index (κ2) is 7.10. The third-order valence-electron chi connectivity index (χ3n) is 4.02. The van der Waals surface area contributed by atoms with Gasteiger partial charge in [-0.2, -0.15) is 0 Å². The molecule has 1 saturated heterocycles. The summed E-state index contributed by atoms with van der Waals surface area (Å²) in [6.07, 6.45) is 1.85. The fraction of sp³-hybridized carbons (Fsp3) is 0.353. The van der Waals surface area contributed by atoms with E-state index in [4.69, 9.17) is 9.47 Å². The third-order valence-corrected chi connectivity index (χ3v) is 4.85. The van der Waals surface area contributed by atoms with Gasteiger partial charge in [0.05, 0.1) is 25.8 Å². The Labute approximate surface area is 149 Å². The fourth-order valence-corrected chi connectivity index (χ4v) is 3.41. The first-order chi connectivity index (χ1) is 12.0. The molecular weight excluding hydrogens is 342 g/mol. The third kappa shape index (κ3) is 3.58. The molecule has 2 amide bonds. The Morgan fingerprint density at radius 1 is 1.36 bits per heavy atom. The number of hydrogen-bond acceptors (Lipinski definition) is 6. The van der Waals surface area contributed by atoms with Crippen LogP contribution in [0.1, 0.15) is 11.3 Å². The van der Waals surface area contributed by atoms with E-state index in [1.165, 1.54) is 11.3 Å². The van der Waals surface area contributed by atoms with Crippen LogP contribution in [-0.4, -0.2) is 37.6 Å². The van der Waals surface area contributed by atoms with Crippen LogP contribution in [-0.2, 0) is 9.59 Å². The van der Waals surface area contributed by atoms with Crippen LogP contribution in [0.15, 0.2) is 24.4 Å². The summed E-state index contributed by atoms with van der Waals surface area (Å²) in [6, 6.07) is 5.24. The summed E-state index contributed by atoms with van der Waals surface area (Å²) in [5.41, 5.74) is 0.604. The zero-order valence-electron chi connectivity index (χ0n) is 14.2. The van der Waals surface area contributed by atoms with Crippen molar-refractivity contribution >= 4 is 34.0 Å². The Bertz CT molecular complexity index is 805. The molecule has 0 bridgehead atoms. The topological polar surface area (TPSA) is 80.8 Å². The van der Waals surface area contributed by atoms with E-state index in [0.29, 0.717) is 28.9 Å². The number of benzene rings is 1. The quantitative estimate of drug-likeness (QED) is 0.885. The summed E-state index contributed by atoms with van der Waals surface area (Å²) in [5, 5.41) is 3.33. The highest BCUT2D eigenvalue weighted by atomic mass is 32.1. The number of rotatable bonds is 5. The molecule has 7 nitrogen and oxygen atoms in total. The van der Waals surface area contributed by atoms with Gasteiger partial charge < -0.3 is 19.7 Å². The molecule has 132 valence electrons. The maximum atomic E-state index is 12.5. The maximum Gasteiger partial charge on any atom is 0.231 e. The first-order valence-electron chi connectivity index (χ1n) is 7.77. The van der Waals surface area contributed by atoms with Crippen molar-refractivity contribution in [3.63, 3.8) is 0 Å². The number of thiazole rings is 1. The molecule has 0 spiro atoms. The lowest BCUT2D eigenvalue weighted by Gasteiger charge is -2.20. The van der Waals surface area contributed by atoms with Crippen LogP contribution >= 0.6 is 11.3 Å². The zero-order chi connectivity index (χ0) is 18.0. The van der Waals surface area contributed by atoms with Crippen molar-refractivity contribution in [3.05, 3.63) is 29.3 Å². The lowest BCUT2D eigenvalue weighted by atomic mass is 10.1. The largest absolute Gasteiger partial charge is 0.497 e. The highest BCUT2D eigenvalue weighted by Crippen LogP contribution is 2.36. The van der Waals surface area contributed by atoms with Gasteiger partial charge in [0.15, 0.2) is 5.13 Å². The van der Waals surface area contributed by atoms with Gasteiger partial charge in [0.2, 0.25) is 11.8 Å². The van der Waals surface area contributed by atoms with E-state index in [-0.39, 0.29) is 18.2 Å². The summed E-state index contributed by atoms with van der Waals surface area (Å²) in [5.74, 6) is 0.419. The van der Waals surface area contributed by atoms with Gasteiger partial charge in [0, 0.05) is 30.1 Å². The molecule has 3 rings (SSSR count). The predicted octanol–water partition coefficient (Wildman–Crippen LogP) is 2.46. The first-order valence-corrected chi connectivity index (χ1v) is 8.59. The Hall–Kier alpha value is -2.61. The van der Waals surface area contributed by atoms with Crippen LogP contribution in [0.4, 0.5) is 10.8 Å². The summed E-state index contributed by atoms with van der Waals surface area (Å²) in [4.78, 5) is 31.6. The molecule has 1 fully saturated rings. The molecule has 0 radical (unpaired) electrons. The maximum absolute atomic E-state index is 12.5. The molecule has 1 aliphatic heterocycles. The van der Waals surface area contributed by atoms with E-state index in [0.717, 1.165) is 4.88 Å². The van der Waals surface area contributed by atoms with Crippen LogP contribution < -0.4 is 19.7 Å². The van der Waals surface area contributed by atoms with Gasteiger partial charge in [-0.05, 0) is 19.1 Å². The highest BCUT2D eigenvalue weighted by molar-refractivity contribution is 7.15. The normalized spacial score (nSPS) is 16.8. The summed E-state index contributed by atoms with van der Waals surface area (Å²) in [7, 11) is 3.10. The van der Waals surface area contributed by atoms with E-state index in [2.05, 4.69) is 10.3 Å². The monoisotopic (exact) mass is 361 g/mol. The van der Waals surface area contributed by atoms with Crippen LogP contribution in [0.5, 0.6) is 11.5 Å². The van der Waals surface area contributed by atoms with E-state index in [1.807, 2.05) is 6.92 Å². The van der Waals surface area contributed by atoms with Crippen molar-refractivity contribution in [1.29, 1.82) is 0 Å². The molecule has 1 atom stereocenters. The van der Waals surface area contributed by atoms with Gasteiger partial charge in [0.25, 0.3) is 0 Å². The number of hydrogen-bond donors (Lipinski definition) is 1. The van der Waals surface area contributed by atoms with Crippen LogP contribution in [0.25, 0.3) is 0 Å². The average Bonchev–Trinajstić information content (AvgIpc) is 3.19. The van der Waals surface area contributed by atoms with Crippen molar-refractivity contribution in [3.8, 4) is 11.5 Å². The molecule has 1 aromatic carbocycles. The van der Waals surface area contributed by atoms with Gasteiger partial charge in [0.1, 0.15) is 11.5 Å². The molecule has 0 saturated carbocycles. The van der Waals surface area contributed by atoms with Crippen molar-refractivity contribution in [2.45, 2.75) is 13.3 Å². The van der Waals surface area contributed by atoms with Gasteiger partial charge in [-0.3, -0.25) is 9.59 Å². The van der Waals surface area contributed by atoms with Crippen molar-refractivity contribution in [2.24, 2.45) is 5.92 Å². The summed E-state index contributed by atoms with van der Waals surface area (Å²) < 4.78 is 10.6. The molecule has 1 N–H and O–H groups in total. The number of carbonyl (C=O) groups is 2. The van der Waals surface area contributed by atoms with Gasteiger partial charge in [-0.15, -0.1) is 11.3 Å². The first kappa shape index (κ1) is 17.2. The van der Waals surface area contributed by atoms with E-state index in [1.54, 1.807) is 43.5 Å². The molecule has 0 aliphatic carbocycles. The number of anilines is 2. The molecule has 1 aliphatic rings. The van der Waals surface area contributed by atoms with Gasteiger partial charge in [-0.25, -0.2) is 4.98 Å². The standard InChI is InChI=1S/C17H19N3O4S/c1-10-8-18-17(25-10)19-16(22)11-6-15(21)20(9-11)13-7-12(23-2)4-5-14(13)24-3/h4-5,7-8,11H,6,9H2,1-3H3,(H,18,19,22)/t11-/m0/s1. The minimum atomic E-state index is -0.437. The van der Waals surface area contributed by atoms with E-state index < -0.39 is 5.92 Å². The SMILES string of the molecule is COc1ccc(OC)c(N2C[C@@H](C(=O)Nc3ncc(C)s3)CC2=O)c1. The van der Waals surface area contributed by atoms with Crippen molar-refractivity contribution < 1.29 is 19.1 Å². The number of aryl methyl sites for hydroxylation is 1. The average molecular weight is 361 g/mol. The lowest BCUT2D eigenvalue weighted by molar-refractivity contribution is -0.122. The van der Waals surface area contributed by atoms with E-state index in [9.17, 15) is 9.59 Å². The number of amides is 2. The van der Waals surface area contributed by atoms with Crippen LogP contribution in [0.2, 0.25) is 0 Å². The Morgan fingerprint density at radius 3 is 2.80 bits per heavy atom. The van der Waals surface area contributed by atoms with E-state index >= 15 is 0 Å². The summed E-state index contributed by atoms with van der Waals surface area (Å²) in [6.45, 7) is 2.21. The second-order valence-electron chi connectivity index (χ2n) is 5.71. The minimum Gasteiger partial charge on any atom is -0.497 e. The number of carbonyl (C=O) groups excluding carboxylic acids is 2. The van der Waals surface area contributed by atoms with Crippen LogP contribution in [0, 0.1) is 12.8 Å². The predicted molar refractivity (Wildman–Crippen MR) is 95.5 cm³/mol. The fourth-order valence-electron chi connectivity index (χ4n) is 2.74. The Morgan fingerprint density at radius 2 is 2.16 bits per heavy atom. The molecule has 2 aromatic rings. The smallest absolute Gasteiger partial charge is 0.231 e. The highest BCUT2D eigenvalue weighted by Gasteiger charge is 2.36. The number of ether oxygens (including phenoxy) is 2. The zero-order valence-corrected chi connectivity index (χ0v) is 15.1. The molecule has 25 heavy (non-hydrogen) atoms. The van der Waals surface area contributed by atoms with Gasteiger partial charge in [-0.1, -0.05) is 0 Å². The molecule has 1 aromatic heterocycles. The molecule has 2 heterocycles. The molecular formula is C17H19N3O4S. The lowest BCUT2D eigenvalue weighted by Crippen LogP contribution is -2.28. The van der Waals surface area contributed by atoms with Crippen molar-refractivity contribution in [1.82, 2.24) is 4.98 Å². The molecule has 0 unspecified atom stereocenters.